The van der Waals surface area contributed by atoms with Gasteiger partial charge in [0.15, 0.2) is 0 Å². The molecule has 0 atom stereocenters. The van der Waals surface area contributed by atoms with E-state index in [1.54, 1.807) is 18.2 Å². The predicted molar refractivity (Wildman–Crippen MR) is 151 cm³/mol. The number of carbonyl (C=O) groups excluding carboxylic acids is 1. The van der Waals surface area contributed by atoms with Crippen molar-refractivity contribution >= 4 is 58.2 Å². The second kappa shape index (κ2) is 9.64. The summed E-state index contributed by atoms with van der Waals surface area (Å²) >= 11 is 12.1. The quantitative estimate of drug-likeness (QED) is 0.370. The number of carbonyl (C=O) groups is 1. The number of anilines is 2. The van der Waals surface area contributed by atoms with Crippen LogP contribution in [0.25, 0.3) is 11.8 Å². The summed E-state index contributed by atoms with van der Waals surface area (Å²) in [5.41, 5.74) is 6.99. The monoisotopic (exact) mass is 518 g/mol. The minimum Gasteiger partial charge on any atom is -0.326 e. The molecule has 2 N–H and O–H groups in total. The average molecular weight is 519 g/mol. The standard InChI is InChI=1S/C29H28Cl2N4O/c1-29(2,3)20-8-5-18(6-9-20)26-15-19-7-11-22(17-23(19)27-32-13-4-14-35(26)27)33-28(36)34-25-12-10-21(30)16-24(25)31/h5-12,15-17H,4,13-14H2,1-3H3,(H2,33,34,36). The molecular weight excluding hydrogens is 491 g/mol. The summed E-state index contributed by atoms with van der Waals surface area (Å²) in [6, 6.07) is 19.3. The van der Waals surface area contributed by atoms with E-state index in [-0.39, 0.29) is 11.4 Å². The topological polar surface area (TPSA) is 56.7 Å². The summed E-state index contributed by atoms with van der Waals surface area (Å²) in [7, 11) is 0. The molecule has 0 aliphatic carbocycles. The van der Waals surface area contributed by atoms with Crippen molar-refractivity contribution in [1.29, 1.82) is 0 Å². The Labute approximate surface area is 221 Å². The van der Waals surface area contributed by atoms with E-state index in [1.807, 2.05) is 18.2 Å². The molecule has 0 bridgehead atoms. The number of fused-ring (bicyclic) bond motifs is 3. The van der Waals surface area contributed by atoms with Crippen LogP contribution in [-0.4, -0.2) is 29.9 Å². The molecule has 7 heteroatoms. The molecule has 5 nitrogen and oxygen atoms in total. The van der Waals surface area contributed by atoms with E-state index >= 15 is 0 Å². The first-order chi connectivity index (χ1) is 17.2. The van der Waals surface area contributed by atoms with Crippen molar-refractivity contribution in [3.63, 3.8) is 0 Å². The molecule has 36 heavy (non-hydrogen) atoms. The average Bonchev–Trinajstić information content (AvgIpc) is 2.85. The van der Waals surface area contributed by atoms with Crippen molar-refractivity contribution in [2.75, 3.05) is 23.7 Å². The highest BCUT2D eigenvalue weighted by Gasteiger charge is 2.28. The van der Waals surface area contributed by atoms with Crippen molar-refractivity contribution in [3.8, 4) is 0 Å². The van der Waals surface area contributed by atoms with Crippen LogP contribution in [0.1, 0.15) is 49.4 Å². The highest BCUT2D eigenvalue weighted by Crippen LogP contribution is 2.35. The zero-order valence-electron chi connectivity index (χ0n) is 20.5. The Bertz CT molecular complexity index is 1390. The Morgan fingerprint density at radius 3 is 2.47 bits per heavy atom. The van der Waals surface area contributed by atoms with Crippen LogP contribution in [0.4, 0.5) is 16.2 Å². The Hall–Kier alpha value is -3.28. The van der Waals surface area contributed by atoms with E-state index in [2.05, 4.69) is 66.6 Å². The number of nitrogens with one attached hydrogen (secondary N) is 2. The van der Waals surface area contributed by atoms with E-state index in [0.717, 1.165) is 42.2 Å². The molecule has 2 amide bonds. The van der Waals surface area contributed by atoms with Gasteiger partial charge in [0.2, 0.25) is 0 Å². The molecule has 0 saturated heterocycles. The minimum absolute atomic E-state index is 0.110. The maximum Gasteiger partial charge on any atom is 0.323 e. The van der Waals surface area contributed by atoms with E-state index in [4.69, 9.17) is 28.2 Å². The number of aliphatic imine (C=N–C) groups is 1. The Balaban J connectivity index is 1.43. The number of urea groups is 1. The number of amidine groups is 1. The minimum atomic E-state index is -0.382. The predicted octanol–water partition coefficient (Wildman–Crippen LogP) is 7.90. The van der Waals surface area contributed by atoms with Gasteiger partial charge in [-0.15, -0.1) is 0 Å². The SMILES string of the molecule is CC(C)(C)c1ccc(C2=Cc3ccc(NC(=O)Nc4ccc(Cl)cc4Cl)cc3C3=NCCCN23)cc1. The van der Waals surface area contributed by atoms with Crippen LogP contribution in [0.15, 0.2) is 65.7 Å². The van der Waals surface area contributed by atoms with Gasteiger partial charge in [-0.2, -0.15) is 0 Å². The van der Waals surface area contributed by atoms with Crippen LogP contribution in [0, 0.1) is 0 Å². The van der Waals surface area contributed by atoms with E-state index in [1.165, 1.54) is 11.1 Å². The van der Waals surface area contributed by atoms with Crippen LogP contribution < -0.4 is 10.6 Å². The first-order valence-corrected chi connectivity index (χ1v) is 12.8. The van der Waals surface area contributed by atoms with Gasteiger partial charge in [-0.1, -0.05) is 74.3 Å². The molecule has 3 aromatic carbocycles. The molecule has 2 aliphatic rings. The molecule has 0 aromatic heterocycles. The van der Waals surface area contributed by atoms with Gasteiger partial charge in [0.05, 0.1) is 16.4 Å². The lowest BCUT2D eigenvalue weighted by Crippen LogP contribution is -2.37. The molecule has 0 saturated carbocycles. The second-order valence-electron chi connectivity index (χ2n) is 10.1. The maximum atomic E-state index is 12.6. The van der Waals surface area contributed by atoms with Crippen LogP contribution in [0.3, 0.4) is 0 Å². The Morgan fingerprint density at radius 2 is 1.75 bits per heavy atom. The third-order valence-corrected chi connectivity index (χ3v) is 6.97. The molecule has 5 rings (SSSR count). The van der Waals surface area contributed by atoms with Gasteiger partial charge in [0, 0.05) is 29.4 Å². The summed E-state index contributed by atoms with van der Waals surface area (Å²) in [6.45, 7) is 8.36. The number of rotatable bonds is 3. The van der Waals surface area contributed by atoms with Crippen LogP contribution in [0.5, 0.6) is 0 Å². The van der Waals surface area contributed by atoms with Crippen molar-refractivity contribution in [2.24, 2.45) is 4.99 Å². The maximum absolute atomic E-state index is 12.6. The number of hydrogen-bond donors (Lipinski definition) is 2. The lowest BCUT2D eigenvalue weighted by molar-refractivity contribution is 0.262. The number of nitrogens with zero attached hydrogens (tertiary/aromatic N) is 2. The molecule has 0 fully saturated rings. The van der Waals surface area contributed by atoms with E-state index in [9.17, 15) is 4.79 Å². The molecule has 0 unspecified atom stereocenters. The normalized spacial score (nSPS) is 14.9. The first kappa shape index (κ1) is 24.4. The molecular formula is C29H28Cl2N4O. The van der Waals surface area contributed by atoms with Gasteiger partial charge in [-0.25, -0.2) is 4.79 Å². The van der Waals surface area contributed by atoms with Crippen molar-refractivity contribution in [2.45, 2.75) is 32.6 Å². The van der Waals surface area contributed by atoms with Gasteiger partial charge in [-0.05, 0) is 64.9 Å². The third-order valence-electron chi connectivity index (χ3n) is 6.42. The van der Waals surface area contributed by atoms with Gasteiger partial charge in [0.1, 0.15) is 5.84 Å². The fraction of sp³-hybridized carbons (Fsp3) is 0.241. The highest BCUT2D eigenvalue weighted by molar-refractivity contribution is 6.36. The summed E-state index contributed by atoms with van der Waals surface area (Å²) in [5.74, 6) is 0.943. The summed E-state index contributed by atoms with van der Waals surface area (Å²) in [4.78, 5) is 19.8. The Kier molecular flexibility index (Phi) is 6.54. The van der Waals surface area contributed by atoms with Gasteiger partial charge >= 0.3 is 6.03 Å². The fourth-order valence-electron chi connectivity index (χ4n) is 4.50. The molecule has 2 heterocycles. The van der Waals surface area contributed by atoms with Gasteiger partial charge in [-0.3, -0.25) is 4.99 Å². The van der Waals surface area contributed by atoms with Crippen LogP contribution in [-0.2, 0) is 5.41 Å². The summed E-state index contributed by atoms with van der Waals surface area (Å²) in [5, 5.41) is 6.57. The van der Waals surface area contributed by atoms with Gasteiger partial charge in [0.25, 0.3) is 0 Å². The lowest BCUT2D eigenvalue weighted by Gasteiger charge is -2.36. The summed E-state index contributed by atoms with van der Waals surface area (Å²) in [6.07, 6.45) is 3.21. The molecule has 0 radical (unpaired) electrons. The second-order valence-corrected chi connectivity index (χ2v) is 10.9. The molecule has 2 aliphatic heterocycles. The highest BCUT2D eigenvalue weighted by atomic mass is 35.5. The molecule has 0 spiro atoms. The van der Waals surface area contributed by atoms with Crippen molar-refractivity contribution in [3.05, 3.63) is 93.0 Å². The number of hydrogen-bond acceptors (Lipinski definition) is 3. The first-order valence-electron chi connectivity index (χ1n) is 12.0. The van der Waals surface area contributed by atoms with Crippen LogP contribution in [0.2, 0.25) is 10.0 Å². The largest absolute Gasteiger partial charge is 0.326 e. The zero-order chi connectivity index (χ0) is 25.4. The lowest BCUT2D eigenvalue weighted by atomic mass is 9.86. The van der Waals surface area contributed by atoms with E-state index in [0.29, 0.717) is 21.4 Å². The third kappa shape index (κ3) is 4.99. The molecule has 184 valence electrons. The zero-order valence-corrected chi connectivity index (χ0v) is 22.0. The molecule has 3 aromatic rings. The number of benzene rings is 3. The fourth-order valence-corrected chi connectivity index (χ4v) is 4.96. The van der Waals surface area contributed by atoms with E-state index < -0.39 is 0 Å². The smallest absolute Gasteiger partial charge is 0.323 e. The number of halogens is 2. The number of amides is 2. The van der Waals surface area contributed by atoms with Crippen LogP contribution >= 0.6 is 23.2 Å². The van der Waals surface area contributed by atoms with Crippen molar-refractivity contribution < 1.29 is 4.79 Å². The Morgan fingerprint density at radius 1 is 0.972 bits per heavy atom. The van der Waals surface area contributed by atoms with Gasteiger partial charge < -0.3 is 15.5 Å². The van der Waals surface area contributed by atoms with Crippen molar-refractivity contribution in [1.82, 2.24) is 4.90 Å². The summed E-state index contributed by atoms with van der Waals surface area (Å²) < 4.78 is 0.